The van der Waals surface area contributed by atoms with Crippen LogP contribution in [0, 0.1) is 0 Å². The maximum atomic E-state index is 12.8. The molecular formula is C20H21ClN4O3S. The first-order valence-electron chi connectivity index (χ1n) is 9.31. The lowest BCUT2D eigenvalue weighted by molar-refractivity contribution is -0.115. The van der Waals surface area contributed by atoms with E-state index in [9.17, 15) is 4.79 Å². The number of nitrogens with zero attached hydrogens (tertiary/aromatic N) is 3. The molecule has 7 nitrogen and oxygen atoms in total. The highest BCUT2D eigenvalue weighted by molar-refractivity contribution is 8.00. The molecule has 0 saturated heterocycles. The maximum absolute atomic E-state index is 12.8. The van der Waals surface area contributed by atoms with Crippen molar-refractivity contribution in [2.45, 2.75) is 42.6 Å². The molecule has 0 bridgehead atoms. The van der Waals surface area contributed by atoms with Crippen molar-refractivity contribution in [2.24, 2.45) is 0 Å². The molecule has 3 aromatic rings. The number of nitrogens with one attached hydrogen (secondary N) is 1. The Bertz CT molecular complexity index is 1000. The Morgan fingerprint density at radius 1 is 1.41 bits per heavy atom. The van der Waals surface area contributed by atoms with Crippen molar-refractivity contribution in [3.05, 3.63) is 53.2 Å². The molecule has 1 aliphatic rings. The highest BCUT2D eigenvalue weighted by atomic mass is 35.5. The molecular weight excluding hydrogens is 412 g/mol. The molecule has 1 aliphatic carbocycles. The van der Waals surface area contributed by atoms with E-state index in [0.717, 1.165) is 24.4 Å². The lowest BCUT2D eigenvalue weighted by Gasteiger charge is -2.15. The minimum atomic E-state index is -0.398. The van der Waals surface area contributed by atoms with Crippen LogP contribution in [-0.2, 0) is 11.3 Å². The number of thioether (sulfide) groups is 1. The number of carbonyl (C=O) groups is 1. The number of amides is 1. The first-order chi connectivity index (χ1) is 14.0. The number of hydrogen-bond donors (Lipinski definition) is 1. The van der Waals surface area contributed by atoms with Gasteiger partial charge in [-0.05, 0) is 50.1 Å². The number of rotatable bonds is 8. The number of halogens is 1. The topological polar surface area (TPSA) is 82.2 Å². The minimum Gasteiger partial charge on any atom is -0.495 e. The fourth-order valence-electron chi connectivity index (χ4n) is 2.96. The maximum Gasteiger partial charge on any atom is 0.237 e. The van der Waals surface area contributed by atoms with Gasteiger partial charge in [0.15, 0.2) is 5.16 Å². The number of methoxy groups -OCH3 is 1. The van der Waals surface area contributed by atoms with Gasteiger partial charge in [-0.15, -0.1) is 10.2 Å². The van der Waals surface area contributed by atoms with Crippen LogP contribution in [0.1, 0.15) is 37.3 Å². The molecule has 152 valence electrons. The van der Waals surface area contributed by atoms with Crippen LogP contribution in [0.3, 0.4) is 0 Å². The predicted octanol–water partition coefficient (Wildman–Crippen LogP) is 4.58. The standard InChI is InChI=1S/C20H21ClN4O3S/c1-12(19(26)22-16-10-14(21)7-8-17(16)27-2)29-20-24-23-18(13-5-6-13)25(20)11-15-4-3-9-28-15/h3-4,7-10,12-13H,5-6,11H2,1-2H3,(H,22,26). The van der Waals surface area contributed by atoms with Gasteiger partial charge in [0.05, 0.1) is 30.9 Å². The van der Waals surface area contributed by atoms with Gasteiger partial charge in [0.2, 0.25) is 5.91 Å². The van der Waals surface area contributed by atoms with Crippen LogP contribution in [0.2, 0.25) is 5.02 Å². The van der Waals surface area contributed by atoms with E-state index >= 15 is 0 Å². The highest BCUT2D eigenvalue weighted by Crippen LogP contribution is 2.40. The van der Waals surface area contributed by atoms with Crippen molar-refractivity contribution >= 4 is 35.0 Å². The minimum absolute atomic E-state index is 0.170. The third kappa shape index (κ3) is 4.59. The van der Waals surface area contributed by atoms with Crippen LogP contribution in [0.15, 0.2) is 46.2 Å². The van der Waals surface area contributed by atoms with Crippen molar-refractivity contribution in [3.8, 4) is 5.75 Å². The molecule has 1 aromatic carbocycles. The zero-order chi connectivity index (χ0) is 20.4. The first-order valence-corrected chi connectivity index (χ1v) is 10.6. The normalized spacial score (nSPS) is 14.6. The average molecular weight is 433 g/mol. The van der Waals surface area contributed by atoms with Gasteiger partial charge in [-0.2, -0.15) is 0 Å². The second-order valence-corrected chi connectivity index (χ2v) is 8.62. The van der Waals surface area contributed by atoms with E-state index in [-0.39, 0.29) is 5.91 Å². The molecule has 1 saturated carbocycles. The zero-order valence-corrected chi connectivity index (χ0v) is 17.7. The fourth-order valence-corrected chi connectivity index (χ4v) is 3.99. The van der Waals surface area contributed by atoms with Crippen LogP contribution < -0.4 is 10.1 Å². The molecule has 1 atom stereocenters. The molecule has 4 rings (SSSR count). The SMILES string of the molecule is COc1ccc(Cl)cc1NC(=O)C(C)Sc1nnc(C2CC2)n1Cc1ccco1. The summed E-state index contributed by atoms with van der Waals surface area (Å²) in [6, 6.07) is 8.88. The van der Waals surface area contributed by atoms with Crippen LogP contribution in [0.4, 0.5) is 5.69 Å². The Balaban J connectivity index is 1.50. The van der Waals surface area contributed by atoms with Crippen LogP contribution in [0.5, 0.6) is 5.75 Å². The highest BCUT2D eigenvalue weighted by Gasteiger charge is 2.31. The van der Waals surface area contributed by atoms with E-state index in [4.69, 9.17) is 20.8 Å². The Hall–Kier alpha value is -2.45. The summed E-state index contributed by atoms with van der Waals surface area (Å²) in [5.41, 5.74) is 0.535. The third-order valence-electron chi connectivity index (χ3n) is 4.65. The van der Waals surface area contributed by atoms with Crippen LogP contribution in [-0.4, -0.2) is 33.0 Å². The van der Waals surface area contributed by atoms with Gasteiger partial charge in [0, 0.05) is 10.9 Å². The van der Waals surface area contributed by atoms with Gasteiger partial charge in [-0.1, -0.05) is 23.4 Å². The Morgan fingerprint density at radius 3 is 2.93 bits per heavy atom. The number of carbonyl (C=O) groups excluding carboxylic acids is 1. The molecule has 0 aliphatic heterocycles. The van der Waals surface area contributed by atoms with E-state index in [1.54, 1.807) is 31.6 Å². The summed E-state index contributed by atoms with van der Waals surface area (Å²) in [7, 11) is 1.55. The van der Waals surface area contributed by atoms with Crippen LogP contribution >= 0.6 is 23.4 Å². The second-order valence-electron chi connectivity index (χ2n) is 6.87. The molecule has 29 heavy (non-hydrogen) atoms. The summed E-state index contributed by atoms with van der Waals surface area (Å²) in [6.45, 7) is 2.38. The molecule has 0 radical (unpaired) electrons. The number of anilines is 1. The van der Waals surface area contributed by atoms with Gasteiger partial charge in [-0.25, -0.2) is 0 Å². The number of ether oxygens (including phenoxy) is 1. The Kier molecular flexibility index (Phi) is 5.82. The van der Waals surface area contributed by atoms with E-state index in [1.807, 2.05) is 23.6 Å². The van der Waals surface area contributed by atoms with Crippen molar-refractivity contribution in [1.29, 1.82) is 0 Å². The van der Waals surface area contributed by atoms with Gasteiger partial charge in [0.25, 0.3) is 0 Å². The lowest BCUT2D eigenvalue weighted by atomic mass is 10.3. The van der Waals surface area contributed by atoms with Crippen molar-refractivity contribution in [3.63, 3.8) is 0 Å². The average Bonchev–Trinajstić information content (AvgIpc) is 3.28. The summed E-state index contributed by atoms with van der Waals surface area (Å²) < 4.78 is 12.8. The van der Waals surface area contributed by atoms with E-state index in [1.165, 1.54) is 11.8 Å². The molecule has 2 heterocycles. The first kappa shape index (κ1) is 19.8. The molecule has 9 heteroatoms. The predicted molar refractivity (Wildman–Crippen MR) is 112 cm³/mol. The quantitative estimate of drug-likeness (QED) is 0.525. The molecule has 1 amide bonds. The van der Waals surface area contributed by atoms with E-state index in [0.29, 0.717) is 34.1 Å². The van der Waals surface area contributed by atoms with Gasteiger partial charge < -0.3 is 14.5 Å². The third-order valence-corrected chi connectivity index (χ3v) is 5.97. The second kappa shape index (κ2) is 8.51. The largest absolute Gasteiger partial charge is 0.495 e. The molecule has 1 fully saturated rings. The van der Waals surface area contributed by atoms with Crippen molar-refractivity contribution in [1.82, 2.24) is 14.8 Å². The molecule has 2 aromatic heterocycles. The summed E-state index contributed by atoms with van der Waals surface area (Å²) in [5, 5.41) is 12.4. The number of benzene rings is 1. The zero-order valence-electron chi connectivity index (χ0n) is 16.1. The summed E-state index contributed by atoms with van der Waals surface area (Å²) >= 11 is 7.42. The monoisotopic (exact) mass is 432 g/mol. The Morgan fingerprint density at radius 2 is 2.24 bits per heavy atom. The Labute approximate surface area is 177 Å². The number of hydrogen-bond acceptors (Lipinski definition) is 6. The molecule has 0 spiro atoms. The van der Waals surface area contributed by atoms with E-state index < -0.39 is 5.25 Å². The van der Waals surface area contributed by atoms with E-state index in [2.05, 4.69) is 15.5 Å². The smallest absolute Gasteiger partial charge is 0.237 e. The number of aromatic nitrogens is 3. The summed E-state index contributed by atoms with van der Waals surface area (Å²) in [5.74, 6) is 2.60. The van der Waals surface area contributed by atoms with Gasteiger partial charge in [-0.3, -0.25) is 9.36 Å². The van der Waals surface area contributed by atoms with Crippen molar-refractivity contribution < 1.29 is 13.9 Å². The number of furan rings is 1. The fraction of sp³-hybridized carbons (Fsp3) is 0.350. The summed E-state index contributed by atoms with van der Waals surface area (Å²) in [6.07, 6.45) is 3.88. The van der Waals surface area contributed by atoms with Gasteiger partial charge >= 0.3 is 0 Å². The van der Waals surface area contributed by atoms with Crippen molar-refractivity contribution in [2.75, 3.05) is 12.4 Å². The van der Waals surface area contributed by atoms with Gasteiger partial charge in [0.1, 0.15) is 17.3 Å². The summed E-state index contributed by atoms with van der Waals surface area (Å²) in [4.78, 5) is 12.8. The van der Waals surface area contributed by atoms with Crippen LogP contribution in [0.25, 0.3) is 0 Å². The molecule has 1 N–H and O–H groups in total. The lowest BCUT2D eigenvalue weighted by Crippen LogP contribution is -2.23. The molecule has 1 unspecified atom stereocenters.